The van der Waals surface area contributed by atoms with E-state index in [1.807, 2.05) is 0 Å². The molecule has 9 heteroatoms. The van der Waals surface area contributed by atoms with Crippen molar-refractivity contribution in [2.75, 3.05) is 11.9 Å². The molecule has 0 fully saturated rings. The first kappa shape index (κ1) is 22.1. The predicted octanol–water partition coefficient (Wildman–Crippen LogP) is 3.75. The van der Waals surface area contributed by atoms with Gasteiger partial charge in [-0.05, 0) is 30.8 Å². The smallest absolute Gasteiger partial charge is 0.271 e. The van der Waals surface area contributed by atoms with Gasteiger partial charge in [-0.2, -0.15) is 0 Å². The van der Waals surface area contributed by atoms with Gasteiger partial charge in [0.2, 0.25) is 0 Å². The molecule has 0 saturated heterocycles. The topological polar surface area (TPSA) is 117 Å². The van der Waals surface area contributed by atoms with Gasteiger partial charge in [0, 0.05) is 17.8 Å². The average molecular weight is 416 g/mol. The minimum absolute atomic E-state index is 0.0926. The number of ether oxygens (including phenoxy) is 1. The van der Waals surface area contributed by atoms with E-state index in [1.54, 1.807) is 24.3 Å². The standard InChI is InChI=1S/C20H23N3O5S/c1-2-3-4-7-12-28-18-9-6-5-8-15(18)19(25)22-20(29)21-16-13-14(23(26)27)10-11-17(16)24/h5-6,8-11,13,24H,2-4,7,12H2,1H3,(H2,21,22,25,29)/p-1. The maximum absolute atomic E-state index is 12.6. The van der Waals surface area contributed by atoms with Crippen molar-refractivity contribution in [2.24, 2.45) is 0 Å². The molecular weight excluding hydrogens is 394 g/mol. The van der Waals surface area contributed by atoms with Gasteiger partial charge in [0.25, 0.3) is 11.6 Å². The molecule has 0 unspecified atom stereocenters. The highest BCUT2D eigenvalue weighted by molar-refractivity contribution is 7.80. The highest BCUT2D eigenvalue weighted by Crippen LogP contribution is 2.25. The second-order valence-electron chi connectivity index (χ2n) is 6.25. The number of unbranched alkanes of at least 4 members (excludes halogenated alkanes) is 3. The van der Waals surface area contributed by atoms with Gasteiger partial charge < -0.3 is 15.2 Å². The van der Waals surface area contributed by atoms with Gasteiger partial charge in [0.05, 0.1) is 17.1 Å². The van der Waals surface area contributed by atoms with E-state index in [4.69, 9.17) is 17.0 Å². The lowest BCUT2D eigenvalue weighted by molar-refractivity contribution is -0.385. The summed E-state index contributed by atoms with van der Waals surface area (Å²) in [6, 6.07) is 9.99. The third-order valence-corrected chi connectivity index (χ3v) is 4.24. The molecule has 2 N–H and O–H groups in total. The van der Waals surface area contributed by atoms with Gasteiger partial charge >= 0.3 is 0 Å². The van der Waals surface area contributed by atoms with Crippen LogP contribution in [0.5, 0.6) is 11.5 Å². The van der Waals surface area contributed by atoms with Crippen LogP contribution in [0.3, 0.4) is 0 Å². The van der Waals surface area contributed by atoms with E-state index in [0.29, 0.717) is 17.9 Å². The molecule has 154 valence electrons. The van der Waals surface area contributed by atoms with Crippen LogP contribution in [0.15, 0.2) is 42.5 Å². The lowest BCUT2D eigenvalue weighted by Gasteiger charge is -2.16. The minimum Gasteiger partial charge on any atom is -0.871 e. The fourth-order valence-electron chi connectivity index (χ4n) is 2.54. The van der Waals surface area contributed by atoms with Crippen molar-refractivity contribution in [3.05, 3.63) is 58.1 Å². The van der Waals surface area contributed by atoms with Crippen LogP contribution in [-0.2, 0) is 0 Å². The third-order valence-electron chi connectivity index (χ3n) is 4.04. The van der Waals surface area contributed by atoms with E-state index >= 15 is 0 Å². The van der Waals surface area contributed by atoms with E-state index in [9.17, 15) is 20.0 Å². The first-order chi connectivity index (χ1) is 13.9. The van der Waals surface area contributed by atoms with Crippen LogP contribution in [-0.4, -0.2) is 22.5 Å². The summed E-state index contributed by atoms with van der Waals surface area (Å²) in [6.07, 6.45) is 4.20. The Morgan fingerprint density at radius 3 is 2.66 bits per heavy atom. The van der Waals surface area contributed by atoms with Gasteiger partial charge in [-0.15, -0.1) is 0 Å². The molecule has 0 bridgehead atoms. The van der Waals surface area contributed by atoms with Gasteiger partial charge in [0.1, 0.15) is 5.75 Å². The molecule has 1 amide bonds. The lowest BCUT2D eigenvalue weighted by atomic mass is 10.2. The number of anilines is 1. The number of carbonyl (C=O) groups is 1. The first-order valence-electron chi connectivity index (χ1n) is 9.22. The summed E-state index contributed by atoms with van der Waals surface area (Å²) in [7, 11) is 0. The van der Waals surface area contributed by atoms with Gasteiger partial charge in [-0.3, -0.25) is 20.2 Å². The molecule has 0 saturated carbocycles. The van der Waals surface area contributed by atoms with Crippen LogP contribution in [0.1, 0.15) is 43.0 Å². The Hall–Kier alpha value is -3.20. The number of non-ortho nitro benzene ring substituents is 1. The summed E-state index contributed by atoms with van der Waals surface area (Å²) in [5.74, 6) is -0.559. The summed E-state index contributed by atoms with van der Waals surface area (Å²) in [6.45, 7) is 2.63. The van der Waals surface area contributed by atoms with E-state index in [1.165, 1.54) is 0 Å². The molecule has 0 heterocycles. The highest BCUT2D eigenvalue weighted by atomic mass is 32.1. The summed E-state index contributed by atoms with van der Waals surface area (Å²) in [5.41, 5.74) is -0.0541. The average Bonchev–Trinajstić information content (AvgIpc) is 2.69. The molecule has 2 rings (SSSR count). The Kier molecular flexibility index (Phi) is 8.35. The number of thiocarbonyl (C=S) groups is 1. The summed E-state index contributed by atoms with van der Waals surface area (Å²) in [5, 5.41) is 27.6. The number of benzene rings is 2. The van der Waals surface area contributed by atoms with Crippen LogP contribution in [0.4, 0.5) is 11.4 Å². The molecule has 0 aliphatic heterocycles. The number of rotatable bonds is 9. The summed E-state index contributed by atoms with van der Waals surface area (Å²) >= 11 is 5.07. The Morgan fingerprint density at radius 1 is 1.17 bits per heavy atom. The monoisotopic (exact) mass is 416 g/mol. The highest BCUT2D eigenvalue weighted by Gasteiger charge is 2.14. The van der Waals surface area contributed by atoms with Crippen LogP contribution in [0.2, 0.25) is 0 Å². The number of nitrogens with zero attached hydrogens (tertiary/aromatic N) is 1. The van der Waals surface area contributed by atoms with Crippen LogP contribution in [0, 0.1) is 10.1 Å². The van der Waals surface area contributed by atoms with Crippen molar-refractivity contribution in [3.63, 3.8) is 0 Å². The van der Waals surface area contributed by atoms with Crippen molar-refractivity contribution in [2.45, 2.75) is 32.6 Å². The van der Waals surface area contributed by atoms with Crippen molar-refractivity contribution in [1.82, 2.24) is 5.32 Å². The normalized spacial score (nSPS) is 10.2. The zero-order valence-corrected chi connectivity index (χ0v) is 16.8. The second kappa shape index (κ2) is 11.0. The molecule has 0 aromatic heterocycles. The van der Waals surface area contributed by atoms with Gasteiger partial charge in [-0.1, -0.05) is 50.1 Å². The molecule has 0 atom stereocenters. The number of hydrogen-bond donors (Lipinski definition) is 2. The fourth-order valence-corrected chi connectivity index (χ4v) is 2.75. The van der Waals surface area contributed by atoms with Gasteiger partial charge in [-0.25, -0.2) is 0 Å². The van der Waals surface area contributed by atoms with Crippen molar-refractivity contribution in [3.8, 4) is 11.5 Å². The number of nitrogens with one attached hydrogen (secondary N) is 2. The zero-order valence-electron chi connectivity index (χ0n) is 16.0. The zero-order chi connectivity index (χ0) is 21.2. The number of hydrogen-bond acceptors (Lipinski definition) is 6. The quantitative estimate of drug-likeness (QED) is 0.277. The van der Waals surface area contributed by atoms with Crippen molar-refractivity contribution >= 4 is 34.6 Å². The molecule has 2 aromatic carbocycles. The Labute approximate surface area is 174 Å². The molecule has 0 aliphatic carbocycles. The van der Waals surface area contributed by atoms with Crippen LogP contribution < -0.4 is 20.5 Å². The summed E-state index contributed by atoms with van der Waals surface area (Å²) in [4.78, 5) is 22.8. The Balaban J connectivity index is 2.00. The molecule has 0 spiro atoms. The predicted molar refractivity (Wildman–Crippen MR) is 112 cm³/mol. The molecule has 0 radical (unpaired) electrons. The molecular formula is C20H22N3O5S-. The van der Waals surface area contributed by atoms with E-state index in [0.717, 1.165) is 43.9 Å². The largest absolute Gasteiger partial charge is 0.871 e. The maximum atomic E-state index is 12.6. The maximum Gasteiger partial charge on any atom is 0.271 e. The number of nitro benzene ring substituents is 1. The molecule has 29 heavy (non-hydrogen) atoms. The van der Waals surface area contributed by atoms with E-state index in [-0.39, 0.29) is 16.5 Å². The van der Waals surface area contributed by atoms with E-state index < -0.39 is 16.6 Å². The van der Waals surface area contributed by atoms with Crippen molar-refractivity contribution < 1.29 is 19.6 Å². The molecule has 8 nitrogen and oxygen atoms in total. The minimum atomic E-state index is -0.625. The molecule has 2 aromatic rings. The van der Waals surface area contributed by atoms with Crippen LogP contribution >= 0.6 is 12.2 Å². The Morgan fingerprint density at radius 2 is 1.93 bits per heavy atom. The first-order valence-corrected chi connectivity index (χ1v) is 9.62. The molecule has 0 aliphatic rings. The third kappa shape index (κ3) is 6.72. The van der Waals surface area contributed by atoms with E-state index in [2.05, 4.69) is 17.6 Å². The van der Waals surface area contributed by atoms with Crippen molar-refractivity contribution in [1.29, 1.82) is 0 Å². The fraction of sp³-hybridized carbons (Fsp3) is 0.300. The second-order valence-corrected chi connectivity index (χ2v) is 6.66. The summed E-state index contributed by atoms with van der Waals surface area (Å²) < 4.78 is 5.72. The van der Waals surface area contributed by atoms with Gasteiger partial charge in [0.15, 0.2) is 5.11 Å². The number of amides is 1. The number of carbonyl (C=O) groups excluding carboxylic acids is 1. The lowest BCUT2D eigenvalue weighted by Crippen LogP contribution is -2.34. The number of nitro groups is 1. The number of para-hydroxylation sites is 1. The SMILES string of the molecule is CCCCCCOc1ccccc1C(=O)NC(=S)Nc1cc([N+](=O)[O-])ccc1[O-]. The Bertz CT molecular complexity index is 888. The van der Waals surface area contributed by atoms with Crippen LogP contribution in [0.25, 0.3) is 0 Å².